The van der Waals surface area contributed by atoms with E-state index in [2.05, 4.69) is 10.2 Å². The second kappa shape index (κ2) is 5.79. The van der Waals surface area contributed by atoms with Crippen molar-refractivity contribution in [2.75, 3.05) is 0 Å². The van der Waals surface area contributed by atoms with Crippen molar-refractivity contribution in [1.82, 2.24) is 23.7 Å². The summed E-state index contributed by atoms with van der Waals surface area (Å²) in [6.45, 7) is -0.230. The number of benzene rings is 1. The third kappa shape index (κ3) is 2.60. The molecule has 0 saturated carbocycles. The molecule has 4 rings (SSSR count). The number of para-hydroxylation sites is 1. The Balaban J connectivity index is 1.95. The third-order valence-electron chi connectivity index (χ3n) is 4.33. The van der Waals surface area contributed by atoms with Crippen molar-refractivity contribution in [2.24, 2.45) is 7.05 Å². The van der Waals surface area contributed by atoms with Crippen LogP contribution in [-0.4, -0.2) is 23.7 Å². The number of rotatable bonds is 2. The SMILES string of the molecule is Cn1c(=O)c2ccccc2n2c(Cn3cccc(C(F)(F)F)c3=O)nnc12. The van der Waals surface area contributed by atoms with E-state index in [0.717, 1.165) is 16.7 Å². The van der Waals surface area contributed by atoms with Crippen molar-refractivity contribution in [2.45, 2.75) is 12.7 Å². The molecule has 0 spiro atoms. The number of aromatic nitrogens is 5. The zero-order valence-corrected chi connectivity index (χ0v) is 13.9. The summed E-state index contributed by atoms with van der Waals surface area (Å²) in [5.74, 6) is 0.465. The van der Waals surface area contributed by atoms with Gasteiger partial charge in [0.2, 0.25) is 5.78 Å². The number of hydrogen-bond acceptors (Lipinski definition) is 4. The molecule has 138 valence electrons. The Morgan fingerprint density at radius 3 is 2.48 bits per heavy atom. The van der Waals surface area contributed by atoms with E-state index in [4.69, 9.17) is 0 Å². The highest BCUT2D eigenvalue weighted by molar-refractivity contribution is 5.80. The van der Waals surface area contributed by atoms with Gasteiger partial charge in [0.15, 0.2) is 5.82 Å². The van der Waals surface area contributed by atoms with Gasteiger partial charge in [-0.05, 0) is 24.3 Å². The molecular formula is C17H12F3N5O2. The first kappa shape index (κ1) is 17.0. The van der Waals surface area contributed by atoms with Crippen LogP contribution in [0.1, 0.15) is 11.4 Å². The highest BCUT2D eigenvalue weighted by Gasteiger charge is 2.34. The van der Waals surface area contributed by atoms with Gasteiger partial charge in [-0.25, -0.2) is 0 Å². The lowest BCUT2D eigenvalue weighted by Crippen LogP contribution is -2.29. The maximum absolute atomic E-state index is 13.0. The molecule has 0 fully saturated rings. The van der Waals surface area contributed by atoms with Gasteiger partial charge in [0.25, 0.3) is 11.1 Å². The molecule has 0 aliphatic heterocycles. The summed E-state index contributed by atoms with van der Waals surface area (Å²) in [4.78, 5) is 24.6. The Bertz CT molecular complexity index is 1300. The van der Waals surface area contributed by atoms with Gasteiger partial charge in [-0.1, -0.05) is 12.1 Å². The Kier molecular flexibility index (Phi) is 3.65. The van der Waals surface area contributed by atoms with E-state index in [0.29, 0.717) is 10.9 Å². The fourth-order valence-corrected chi connectivity index (χ4v) is 3.02. The predicted molar refractivity (Wildman–Crippen MR) is 90.5 cm³/mol. The standard InChI is InChI=1S/C17H12F3N5O2/c1-23-14(26)10-5-2-3-7-12(10)25-13(21-22-16(23)25)9-24-8-4-6-11(15(24)27)17(18,19)20/h2-8H,9H2,1H3. The number of aryl methyl sites for hydroxylation is 1. The molecule has 1 aromatic carbocycles. The highest BCUT2D eigenvalue weighted by atomic mass is 19.4. The van der Waals surface area contributed by atoms with Crippen LogP contribution in [-0.2, 0) is 19.8 Å². The summed E-state index contributed by atoms with van der Waals surface area (Å²) < 4.78 is 42.7. The van der Waals surface area contributed by atoms with E-state index in [9.17, 15) is 22.8 Å². The molecule has 7 nitrogen and oxygen atoms in total. The van der Waals surface area contributed by atoms with Crippen molar-refractivity contribution >= 4 is 16.7 Å². The summed E-state index contributed by atoms with van der Waals surface area (Å²) in [5.41, 5.74) is -2.18. The van der Waals surface area contributed by atoms with Crippen LogP contribution in [0.15, 0.2) is 52.2 Å². The lowest BCUT2D eigenvalue weighted by molar-refractivity contribution is -0.138. The minimum Gasteiger partial charge on any atom is -0.307 e. The van der Waals surface area contributed by atoms with Crippen LogP contribution < -0.4 is 11.1 Å². The molecule has 10 heteroatoms. The normalized spacial score (nSPS) is 12.1. The number of pyridine rings is 1. The van der Waals surface area contributed by atoms with Crippen LogP contribution in [0, 0.1) is 0 Å². The van der Waals surface area contributed by atoms with Gasteiger partial charge in [0.1, 0.15) is 5.56 Å². The smallest absolute Gasteiger partial charge is 0.307 e. The molecule has 0 bridgehead atoms. The first-order chi connectivity index (χ1) is 12.8. The first-order valence-electron chi connectivity index (χ1n) is 7.87. The zero-order chi connectivity index (χ0) is 19.3. The van der Waals surface area contributed by atoms with Gasteiger partial charge in [-0.3, -0.25) is 18.6 Å². The molecule has 0 atom stereocenters. The van der Waals surface area contributed by atoms with Crippen molar-refractivity contribution in [1.29, 1.82) is 0 Å². The van der Waals surface area contributed by atoms with Crippen LogP contribution in [0.5, 0.6) is 0 Å². The Morgan fingerprint density at radius 2 is 1.74 bits per heavy atom. The van der Waals surface area contributed by atoms with Gasteiger partial charge in [-0.15, -0.1) is 10.2 Å². The lowest BCUT2D eigenvalue weighted by Gasteiger charge is -2.11. The molecule has 4 aromatic rings. The van der Waals surface area contributed by atoms with E-state index in [-0.39, 0.29) is 23.7 Å². The fourth-order valence-electron chi connectivity index (χ4n) is 3.02. The quantitative estimate of drug-likeness (QED) is 0.536. The molecule has 0 unspecified atom stereocenters. The Morgan fingerprint density at radius 1 is 1.00 bits per heavy atom. The second-order valence-corrected chi connectivity index (χ2v) is 5.99. The van der Waals surface area contributed by atoms with E-state index >= 15 is 0 Å². The van der Waals surface area contributed by atoms with Crippen LogP contribution in [0.25, 0.3) is 16.7 Å². The van der Waals surface area contributed by atoms with Gasteiger partial charge in [0, 0.05) is 13.2 Å². The van der Waals surface area contributed by atoms with Gasteiger partial charge < -0.3 is 4.57 Å². The highest BCUT2D eigenvalue weighted by Crippen LogP contribution is 2.26. The van der Waals surface area contributed by atoms with Gasteiger partial charge in [-0.2, -0.15) is 13.2 Å². The Labute approximate surface area is 148 Å². The van der Waals surface area contributed by atoms with Crippen LogP contribution >= 0.6 is 0 Å². The molecule has 0 amide bonds. The zero-order valence-electron chi connectivity index (χ0n) is 13.9. The van der Waals surface area contributed by atoms with Crippen molar-refractivity contribution in [3.05, 3.63) is 74.7 Å². The summed E-state index contributed by atoms with van der Waals surface area (Å²) in [5, 5.41) is 8.36. The number of alkyl halides is 3. The Hall–Kier alpha value is -3.43. The number of hydrogen-bond donors (Lipinski definition) is 0. The van der Waals surface area contributed by atoms with Crippen molar-refractivity contribution in [3.8, 4) is 0 Å². The maximum Gasteiger partial charge on any atom is 0.421 e. The van der Waals surface area contributed by atoms with Crippen molar-refractivity contribution < 1.29 is 13.2 Å². The van der Waals surface area contributed by atoms with Gasteiger partial charge in [0.05, 0.1) is 17.4 Å². The molecular weight excluding hydrogens is 363 g/mol. The van der Waals surface area contributed by atoms with E-state index < -0.39 is 17.3 Å². The molecule has 0 N–H and O–H groups in total. The largest absolute Gasteiger partial charge is 0.421 e. The molecule has 27 heavy (non-hydrogen) atoms. The third-order valence-corrected chi connectivity index (χ3v) is 4.33. The molecule has 3 aromatic heterocycles. The molecule has 0 aliphatic carbocycles. The van der Waals surface area contributed by atoms with E-state index in [1.54, 1.807) is 28.7 Å². The molecule has 0 saturated heterocycles. The lowest BCUT2D eigenvalue weighted by atomic mass is 10.2. The number of nitrogens with zero attached hydrogens (tertiary/aromatic N) is 5. The summed E-state index contributed by atoms with van der Waals surface area (Å²) in [7, 11) is 1.53. The van der Waals surface area contributed by atoms with Crippen LogP contribution in [0.4, 0.5) is 13.2 Å². The average molecular weight is 375 g/mol. The predicted octanol–water partition coefficient (Wildman–Crippen LogP) is 1.81. The minimum absolute atomic E-state index is 0.230. The summed E-state index contributed by atoms with van der Waals surface area (Å²) >= 11 is 0. The first-order valence-corrected chi connectivity index (χ1v) is 7.87. The summed E-state index contributed by atoms with van der Waals surface area (Å²) in [6.07, 6.45) is -3.49. The van der Waals surface area contributed by atoms with Crippen LogP contribution in [0.3, 0.4) is 0 Å². The second-order valence-electron chi connectivity index (χ2n) is 5.99. The van der Waals surface area contributed by atoms with Crippen LogP contribution in [0.2, 0.25) is 0 Å². The maximum atomic E-state index is 13.0. The molecule has 0 radical (unpaired) electrons. The minimum atomic E-state index is -4.75. The topological polar surface area (TPSA) is 74.2 Å². The van der Waals surface area contributed by atoms with E-state index in [1.165, 1.54) is 17.8 Å². The molecule has 3 heterocycles. The number of halogens is 3. The molecule has 0 aliphatic rings. The fraction of sp³-hybridized carbons (Fsp3) is 0.176. The van der Waals surface area contributed by atoms with Gasteiger partial charge >= 0.3 is 6.18 Å². The monoisotopic (exact) mass is 375 g/mol. The average Bonchev–Trinajstić information content (AvgIpc) is 3.04. The van der Waals surface area contributed by atoms with Crippen molar-refractivity contribution in [3.63, 3.8) is 0 Å². The van der Waals surface area contributed by atoms with E-state index in [1.807, 2.05) is 0 Å². The summed E-state index contributed by atoms with van der Waals surface area (Å²) in [6, 6.07) is 8.64. The number of fused-ring (bicyclic) bond motifs is 3.